The number of carbonyl (C=O) groups is 2. The Balaban J connectivity index is 1.42. The largest absolute Gasteiger partial charge is 0.569 e. The van der Waals surface area contributed by atoms with Crippen molar-refractivity contribution < 1.29 is 50.5 Å². The normalized spacial score (nSPS) is 15.7. The van der Waals surface area contributed by atoms with E-state index in [4.69, 9.17) is 4.74 Å². The molecule has 1 unspecified atom stereocenters. The van der Waals surface area contributed by atoms with E-state index in [1.54, 1.807) is 12.1 Å². The van der Waals surface area contributed by atoms with Gasteiger partial charge in [-0.2, -0.15) is 18.3 Å². The second kappa shape index (κ2) is 13.3. The number of ether oxygens (including phenoxy) is 2. The summed E-state index contributed by atoms with van der Waals surface area (Å²) in [4.78, 5) is 28.1. The lowest BCUT2D eigenvalue weighted by atomic mass is 10.1. The molecule has 0 spiro atoms. The average molecular weight is 640 g/mol. The minimum Gasteiger partial charge on any atom is -0.569 e. The molecule has 3 aromatic rings. The van der Waals surface area contributed by atoms with Crippen LogP contribution in [0.1, 0.15) is 31.0 Å². The molecule has 1 fully saturated rings. The summed E-state index contributed by atoms with van der Waals surface area (Å²) >= 11 is 0. The maximum Gasteiger partial charge on any atom is 0.435 e. The van der Waals surface area contributed by atoms with Crippen molar-refractivity contribution in [1.29, 1.82) is 0 Å². The van der Waals surface area contributed by atoms with E-state index in [0.717, 1.165) is 17.0 Å². The van der Waals surface area contributed by atoms with Crippen LogP contribution in [-0.2, 0) is 46.3 Å². The molecule has 0 aliphatic carbocycles. The molecule has 1 aliphatic rings. The topological polar surface area (TPSA) is 155 Å². The summed E-state index contributed by atoms with van der Waals surface area (Å²) in [5, 5.41) is 20.5. The molecule has 1 aliphatic heterocycles. The van der Waals surface area contributed by atoms with Crippen LogP contribution < -0.4 is 0 Å². The van der Waals surface area contributed by atoms with Crippen LogP contribution >= 0.6 is 0 Å². The van der Waals surface area contributed by atoms with Gasteiger partial charge in [-0.05, 0) is 48.7 Å². The summed E-state index contributed by atoms with van der Waals surface area (Å²) in [5.41, 5.74) is 0.0880. The maximum absolute atomic E-state index is 13.5. The summed E-state index contributed by atoms with van der Waals surface area (Å²) in [6.07, 6.45) is -2.63. The maximum atomic E-state index is 13.5. The predicted molar refractivity (Wildman–Crippen MR) is 145 cm³/mol. The van der Waals surface area contributed by atoms with Crippen LogP contribution in [0.15, 0.2) is 64.8 Å². The third kappa shape index (κ3) is 8.24. The zero-order valence-electron chi connectivity index (χ0n) is 23.6. The first-order valence-electron chi connectivity index (χ1n) is 13.1. The minimum absolute atomic E-state index is 0.00787. The fraction of sp³-hybridized carbons (Fsp3) is 0.370. The monoisotopic (exact) mass is 639 g/mol. The van der Waals surface area contributed by atoms with E-state index in [2.05, 4.69) is 20.0 Å². The lowest BCUT2D eigenvalue weighted by molar-refractivity contribution is -0.715. The number of hydrogen-bond acceptors (Lipinski definition) is 10. The van der Waals surface area contributed by atoms with E-state index in [1.165, 1.54) is 48.3 Å². The SMILES string of the molecule is CC(=O)OCO/N=[N+](\[O-])N1CCCC1COC(=O)Cc1ccc(-c2cc(C(F)(F)F)nn2-c2ccc(S(C)(=O)=O)cc2)cc1. The van der Waals surface area contributed by atoms with Crippen molar-refractivity contribution in [2.24, 2.45) is 5.28 Å². The molecule has 236 valence electrons. The van der Waals surface area contributed by atoms with E-state index < -0.39 is 46.5 Å². The molecule has 0 saturated carbocycles. The molecular weight excluding hydrogens is 611 g/mol. The number of hydrogen-bond donors (Lipinski definition) is 0. The summed E-state index contributed by atoms with van der Waals surface area (Å²) in [6.45, 7) is 0.909. The van der Waals surface area contributed by atoms with Gasteiger partial charge in [-0.25, -0.2) is 13.1 Å². The minimum atomic E-state index is -4.72. The van der Waals surface area contributed by atoms with E-state index in [1.807, 2.05) is 0 Å². The van der Waals surface area contributed by atoms with E-state index in [0.29, 0.717) is 30.5 Å². The molecular formula is C27H28F3N5O8S. The summed E-state index contributed by atoms with van der Waals surface area (Å²) in [7, 11) is -3.51. The Hall–Kier alpha value is -4.67. The van der Waals surface area contributed by atoms with Gasteiger partial charge in [0.05, 0.1) is 34.2 Å². The predicted octanol–water partition coefficient (Wildman–Crippen LogP) is 3.84. The number of sulfone groups is 1. The molecule has 13 nitrogen and oxygen atoms in total. The molecule has 0 radical (unpaired) electrons. The van der Waals surface area contributed by atoms with Crippen molar-refractivity contribution in [2.45, 2.75) is 43.3 Å². The molecule has 1 saturated heterocycles. The number of nitrogens with zero attached hydrogens (tertiary/aromatic N) is 5. The number of rotatable bonds is 11. The van der Waals surface area contributed by atoms with Crippen LogP contribution in [0.2, 0.25) is 0 Å². The fourth-order valence-corrected chi connectivity index (χ4v) is 5.03. The van der Waals surface area contributed by atoms with Gasteiger partial charge in [-0.15, -0.1) is 5.01 Å². The molecule has 44 heavy (non-hydrogen) atoms. The van der Waals surface area contributed by atoms with Crippen molar-refractivity contribution in [3.63, 3.8) is 0 Å². The highest BCUT2D eigenvalue weighted by Crippen LogP contribution is 2.33. The van der Waals surface area contributed by atoms with Gasteiger partial charge in [0.1, 0.15) is 12.6 Å². The molecule has 0 amide bonds. The van der Waals surface area contributed by atoms with Gasteiger partial charge in [0, 0.05) is 18.7 Å². The first-order valence-corrected chi connectivity index (χ1v) is 15.0. The number of halogens is 3. The first-order chi connectivity index (χ1) is 20.7. The zero-order valence-corrected chi connectivity index (χ0v) is 24.4. The molecule has 17 heteroatoms. The highest BCUT2D eigenvalue weighted by molar-refractivity contribution is 7.90. The molecule has 2 heterocycles. The molecule has 1 atom stereocenters. The molecule has 1 aromatic heterocycles. The molecule has 2 aromatic carbocycles. The Bertz CT molecular complexity index is 1620. The number of carbonyl (C=O) groups excluding carboxylic acids is 2. The quantitative estimate of drug-likeness (QED) is 0.0755. The van der Waals surface area contributed by atoms with Gasteiger partial charge in [-0.1, -0.05) is 24.3 Å². The standard InChI is InChI=1S/C27H28F3N5O8S/c1-18(36)42-17-43-32-35(38)33-13-3-4-22(33)16-41-26(37)14-19-5-7-20(8-6-19)24-15-25(27(28,29)30)31-34(24)21-9-11-23(12-10-21)44(2,39)40/h5-12,15,22H,3-4,13-14,16-17H2,1-2H3/b35-32-. The van der Waals surface area contributed by atoms with Crippen LogP contribution in [-0.4, -0.2) is 72.4 Å². The van der Waals surface area contributed by atoms with Gasteiger partial charge < -0.3 is 19.5 Å². The van der Waals surface area contributed by atoms with Gasteiger partial charge >= 0.3 is 18.1 Å². The summed E-state index contributed by atoms with van der Waals surface area (Å²) in [6, 6.07) is 11.9. The van der Waals surface area contributed by atoms with Gasteiger partial charge in [0.15, 0.2) is 15.5 Å². The van der Waals surface area contributed by atoms with Crippen molar-refractivity contribution in [1.82, 2.24) is 14.8 Å². The van der Waals surface area contributed by atoms with Crippen LogP contribution in [0.5, 0.6) is 0 Å². The van der Waals surface area contributed by atoms with Crippen LogP contribution in [0, 0.1) is 5.21 Å². The fourth-order valence-electron chi connectivity index (χ4n) is 4.40. The summed E-state index contributed by atoms with van der Waals surface area (Å²) < 4.78 is 75.1. The number of benzene rings is 2. The number of alkyl halides is 3. The van der Waals surface area contributed by atoms with Crippen molar-refractivity contribution in [3.8, 4) is 16.9 Å². The Kier molecular flexibility index (Phi) is 9.76. The Labute approximate surface area is 249 Å². The summed E-state index contributed by atoms with van der Waals surface area (Å²) in [5.74, 6) is -1.18. The highest BCUT2D eigenvalue weighted by atomic mass is 32.2. The van der Waals surface area contributed by atoms with Gasteiger partial charge in [0.25, 0.3) is 6.79 Å². The van der Waals surface area contributed by atoms with Crippen molar-refractivity contribution in [3.05, 3.63) is 71.1 Å². The van der Waals surface area contributed by atoms with E-state index in [9.17, 15) is 36.4 Å². The third-order valence-corrected chi connectivity index (χ3v) is 7.68. The van der Waals surface area contributed by atoms with Crippen LogP contribution in [0.4, 0.5) is 13.2 Å². The van der Waals surface area contributed by atoms with E-state index in [-0.39, 0.29) is 34.3 Å². The molecule has 0 bridgehead atoms. The van der Waals surface area contributed by atoms with Crippen LogP contribution in [0.25, 0.3) is 16.9 Å². The lowest BCUT2D eigenvalue weighted by Gasteiger charge is -2.19. The first kappa shape index (κ1) is 32.2. The highest BCUT2D eigenvalue weighted by Gasteiger charge is 2.35. The second-order valence-corrected chi connectivity index (χ2v) is 11.8. The van der Waals surface area contributed by atoms with Crippen LogP contribution in [0.3, 0.4) is 0 Å². The number of esters is 2. The smallest absolute Gasteiger partial charge is 0.435 e. The van der Waals surface area contributed by atoms with Gasteiger partial charge in [0.2, 0.25) is 5.28 Å². The van der Waals surface area contributed by atoms with Crippen molar-refractivity contribution >= 4 is 21.8 Å². The van der Waals surface area contributed by atoms with Gasteiger partial charge in [-0.3, -0.25) is 9.59 Å². The third-order valence-electron chi connectivity index (χ3n) is 6.55. The number of hydrazine groups is 1. The molecule has 4 rings (SSSR count). The van der Waals surface area contributed by atoms with E-state index >= 15 is 0 Å². The Morgan fingerprint density at radius 2 is 1.80 bits per heavy atom. The average Bonchev–Trinajstić information content (AvgIpc) is 3.62. The van der Waals surface area contributed by atoms with Crippen molar-refractivity contribution in [2.75, 3.05) is 26.2 Å². The number of aromatic nitrogens is 2. The Morgan fingerprint density at radius 1 is 1.11 bits per heavy atom. The molecule has 0 N–H and O–H groups in total. The lowest BCUT2D eigenvalue weighted by Crippen LogP contribution is -2.39. The Morgan fingerprint density at radius 3 is 2.41 bits per heavy atom. The zero-order chi connectivity index (χ0) is 32.1. The second-order valence-electron chi connectivity index (χ2n) is 9.82.